The van der Waals surface area contributed by atoms with Crippen LogP contribution >= 0.6 is 17.2 Å². The average molecular weight is 589 g/mol. The fourth-order valence-electron chi connectivity index (χ4n) is 5.81. The summed E-state index contributed by atoms with van der Waals surface area (Å²) < 4.78 is 20.1. The number of benzene rings is 4. The van der Waals surface area contributed by atoms with Gasteiger partial charge in [-0.25, -0.2) is 0 Å². The summed E-state index contributed by atoms with van der Waals surface area (Å²) in [7, 11) is -0.918. The summed E-state index contributed by atoms with van der Waals surface area (Å²) in [6.45, 7) is 7.77. The van der Waals surface area contributed by atoms with Crippen LogP contribution in [0.15, 0.2) is 121 Å². The van der Waals surface area contributed by atoms with Crippen molar-refractivity contribution in [1.29, 1.82) is 0 Å². The molecule has 0 aliphatic heterocycles. The van der Waals surface area contributed by atoms with Gasteiger partial charge < -0.3 is 13.3 Å². The lowest BCUT2D eigenvalue weighted by Crippen LogP contribution is -2.59. The molecule has 0 aliphatic rings. The Hall–Kier alpha value is -2.16. The first-order valence-electron chi connectivity index (χ1n) is 14.3. The molecule has 0 heterocycles. The molecule has 0 radical (unpaired) electrons. The van der Waals surface area contributed by atoms with Gasteiger partial charge in [-0.15, -0.1) is 9.24 Å². The Morgan fingerprint density at radius 3 is 1.27 bits per heavy atom. The van der Waals surface area contributed by atoms with E-state index in [0.717, 1.165) is 12.3 Å². The van der Waals surface area contributed by atoms with Crippen molar-refractivity contribution in [3.05, 3.63) is 132 Å². The van der Waals surface area contributed by atoms with Gasteiger partial charge in [-0.2, -0.15) is 0 Å². The molecule has 4 rings (SSSR count). The van der Waals surface area contributed by atoms with Crippen molar-refractivity contribution >= 4 is 36.6 Å². The van der Waals surface area contributed by atoms with E-state index in [0.29, 0.717) is 19.8 Å². The van der Waals surface area contributed by atoms with Crippen LogP contribution in [0.1, 0.15) is 31.9 Å². The summed E-state index contributed by atoms with van der Waals surface area (Å²) in [5, 5.41) is 2.72. The van der Waals surface area contributed by atoms with E-state index in [9.17, 15) is 0 Å². The molecule has 0 N–H and O–H groups in total. The zero-order valence-electron chi connectivity index (χ0n) is 23.9. The molecule has 4 aromatic rings. The third kappa shape index (κ3) is 6.66. The highest BCUT2D eigenvalue weighted by atomic mass is 31.1. The summed E-state index contributed by atoms with van der Waals surface area (Å²) in [5.41, 5.74) is 2.06. The van der Waals surface area contributed by atoms with Crippen molar-refractivity contribution in [2.75, 3.05) is 32.1 Å². The third-order valence-electron chi connectivity index (χ3n) is 7.41. The molecular formula is C34H42O3P2Si. The van der Waals surface area contributed by atoms with Gasteiger partial charge >= 0.3 is 8.80 Å². The van der Waals surface area contributed by atoms with Gasteiger partial charge in [-0.3, -0.25) is 0 Å². The molecule has 0 aliphatic carbocycles. The molecule has 40 heavy (non-hydrogen) atoms. The molecule has 0 amide bonds. The monoisotopic (exact) mass is 588 g/mol. The molecule has 2 atom stereocenters. The van der Waals surface area contributed by atoms with E-state index in [2.05, 4.69) is 131 Å². The average Bonchev–Trinajstić information content (AvgIpc) is 3.01. The fraction of sp³-hybridized carbons (Fsp3) is 0.294. The lowest BCUT2D eigenvalue weighted by atomic mass is 9.73. The first-order chi connectivity index (χ1) is 19.6. The third-order valence-corrected chi connectivity index (χ3v) is 14.7. The second kappa shape index (κ2) is 15.2. The van der Waals surface area contributed by atoms with Gasteiger partial charge in [0.15, 0.2) is 0 Å². The Morgan fingerprint density at radius 2 is 0.950 bits per heavy atom. The topological polar surface area (TPSA) is 27.7 Å². The standard InChI is InChI=1S/C34H42O3P2Si/c1-4-35-40(36-5-2,37-6-3)33(27-38)34(29-19-11-7-12-20-29,30-21-13-8-14-22-30)28-39(31-23-15-9-16-24-31)32-25-17-10-18-26-32/h7-26,33H,4-6,27-28,38H2,1-3H3. The smallest absolute Gasteiger partial charge is 0.374 e. The predicted molar refractivity (Wildman–Crippen MR) is 177 cm³/mol. The minimum atomic E-state index is -3.21. The van der Waals surface area contributed by atoms with Gasteiger partial charge in [0, 0.05) is 30.8 Å². The maximum atomic E-state index is 6.69. The Kier molecular flexibility index (Phi) is 11.7. The van der Waals surface area contributed by atoms with Crippen LogP contribution in [0.4, 0.5) is 0 Å². The summed E-state index contributed by atoms with van der Waals surface area (Å²) >= 11 is 0. The zero-order chi connectivity index (χ0) is 28.3. The minimum absolute atomic E-state index is 0.0351. The van der Waals surface area contributed by atoms with Gasteiger partial charge in [0.25, 0.3) is 0 Å². The number of hydrogen-bond acceptors (Lipinski definition) is 3. The predicted octanol–water partition coefficient (Wildman–Crippen LogP) is 7.40. The maximum Gasteiger partial charge on any atom is 0.505 e. The van der Waals surface area contributed by atoms with E-state index in [1.54, 1.807) is 0 Å². The van der Waals surface area contributed by atoms with Crippen molar-refractivity contribution in [1.82, 2.24) is 0 Å². The fourth-order valence-corrected chi connectivity index (χ4v) is 13.4. The summed E-state index contributed by atoms with van der Waals surface area (Å²) in [6.07, 6.45) is 1.67. The van der Waals surface area contributed by atoms with E-state index < -0.39 is 22.1 Å². The van der Waals surface area contributed by atoms with Gasteiger partial charge in [0.05, 0.1) is 0 Å². The first-order valence-corrected chi connectivity index (χ1v) is 18.4. The molecular weight excluding hydrogens is 546 g/mol. The molecule has 0 fully saturated rings. The van der Waals surface area contributed by atoms with E-state index >= 15 is 0 Å². The highest BCUT2D eigenvalue weighted by Crippen LogP contribution is 2.55. The van der Waals surface area contributed by atoms with Crippen LogP contribution in [0.3, 0.4) is 0 Å². The van der Waals surface area contributed by atoms with Crippen molar-refractivity contribution in [3.8, 4) is 0 Å². The van der Waals surface area contributed by atoms with Gasteiger partial charge in [-0.1, -0.05) is 121 Å². The van der Waals surface area contributed by atoms with Crippen LogP contribution in [0.5, 0.6) is 0 Å². The van der Waals surface area contributed by atoms with Crippen molar-refractivity contribution in [2.24, 2.45) is 0 Å². The second-order valence-electron chi connectivity index (χ2n) is 9.65. The van der Waals surface area contributed by atoms with E-state index in [4.69, 9.17) is 13.3 Å². The molecule has 2 unspecified atom stereocenters. The lowest BCUT2D eigenvalue weighted by molar-refractivity contribution is 0.0567. The molecule has 6 heteroatoms. The lowest BCUT2D eigenvalue weighted by Gasteiger charge is -2.49. The second-order valence-corrected chi connectivity index (χ2v) is 15.1. The molecule has 3 nitrogen and oxygen atoms in total. The molecule has 0 aromatic heterocycles. The van der Waals surface area contributed by atoms with Crippen LogP contribution in [0, 0.1) is 0 Å². The Bertz CT molecular complexity index is 1160. The van der Waals surface area contributed by atoms with Gasteiger partial charge in [-0.05, 0) is 62.8 Å². The highest BCUT2D eigenvalue weighted by Gasteiger charge is 2.59. The normalized spacial score (nSPS) is 12.9. The van der Waals surface area contributed by atoms with Gasteiger partial charge in [0.1, 0.15) is 0 Å². The summed E-state index contributed by atoms with van der Waals surface area (Å²) in [6, 6.07) is 44.0. The Labute approximate surface area is 245 Å². The van der Waals surface area contributed by atoms with Crippen LogP contribution in [-0.2, 0) is 18.7 Å². The van der Waals surface area contributed by atoms with Crippen LogP contribution in [0.25, 0.3) is 0 Å². The molecule has 0 spiro atoms. The molecule has 210 valence electrons. The van der Waals surface area contributed by atoms with Gasteiger partial charge in [0.2, 0.25) is 0 Å². The van der Waals surface area contributed by atoms with Crippen LogP contribution in [0.2, 0.25) is 5.54 Å². The number of hydrogen-bond donors (Lipinski definition) is 0. The quantitative estimate of drug-likeness (QED) is 0.107. The number of rotatable bonds is 15. The van der Waals surface area contributed by atoms with Crippen molar-refractivity contribution in [3.63, 3.8) is 0 Å². The Morgan fingerprint density at radius 1 is 0.600 bits per heavy atom. The summed E-state index contributed by atoms with van der Waals surface area (Å²) in [4.78, 5) is 0. The maximum absolute atomic E-state index is 6.69. The highest BCUT2D eigenvalue weighted by molar-refractivity contribution is 7.73. The van der Waals surface area contributed by atoms with Crippen LogP contribution < -0.4 is 10.6 Å². The first kappa shape index (κ1) is 30.8. The largest absolute Gasteiger partial charge is 0.505 e. The minimum Gasteiger partial charge on any atom is -0.374 e. The molecule has 0 saturated heterocycles. The molecule has 4 aromatic carbocycles. The van der Waals surface area contributed by atoms with E-state index in [1.165, 1.54) is 21.7 Å². The SMILES string of the molecule is CCO[Si](OCC)(OCC)C(CP)C(CP(c1ccccc1)c1ccccc1)(c1ccccc1)c1ccccc1. The zero-order valence-corrected chi connectivity index (χ0v) is 27.0. The van der Waals surface area contributed by atoms with Crippen molar-refractivity contribution < 1.29 is 13.3 Å². The molecule has 0 saturated carbocycles. The van der Waals surface area contributed by atoms with E-state index in [1.807, 2.05) is 20.8 Å². The van der Waals surface area contributed by atoms with Crippen molar-refractivity contribution in [2.45, 2.75) is 31.7 Å². The van der Waals surface area contributed by atoms with Crippen LogP contribution in [-0.4, -0.2) is 40.9 Å². The summed E-state index contributed by atoms with van der Waals surface area (Å²) in [5.74, 6) is 0. The Balaban J connectivity index is 2.07. The van der Waals surface area contributed by atoms with E-state index in [-0.39, 0.29) is 5.54 Å². The molecule has 0 bridgehead atoms.